The van der Waals surface area contributed by atoms with Crippen LogP contribution in [0.4, 0.5) is 8.78 Å². The summed E-state index contributed by atoms with van der Waals surface area (Å²) in [7, 11) is -0.799. The summed E-state index contributed by atoms with van der Waals surface area (Å²) in [5.74, 6) is -2.48. The molecular weight excluding hydrogens is 314 g/mol. The minimum Gasteiger partial charge on any atom is -0.349 e. The molecule has 0 N–H and O–H groups in total. The predicted octanol–water partition coefficient (Wildman–Crippen LogP) is 1.45. The average Bonchev–Trinajstić information content (AvgIpc) is 2.45. The summed E-state index contributed by atoms with van der Waals surface area (Å²) in [6.07, 6.45) is 1.13. The van der Waals surface area contributed by atoms with E-state index in [4.69, 9.17) is 0 Å². The third-order valence-electron chi connectivity index (χ3n) is 3.65. The zero-order valence-electron chi connectivity index (χ0n) is 12.4. The lowest BCUT2D eigenvalue weighted by atomic mass is 9.98. The lowest BCUT2D eigenvalue weighted by Gasteiger charge is -2.32. The largest absolute Gasteiger partial charge is 0.349 e. The molecule has 0 saturated carbocycles. The van der Waals surface area contributed by atoms with Crippen LogP contribution in [0.15, 0.2) is 23.1 Å². The molecule has 1 aliphatic heterocycles. The van der Waals surface area contributed by atoms with E-state index >= 15 is 0 Å². The number of amides is 1. The Hall–Kier alpha value is -1.54. The zero-order valence-corrected chi connectivity index (χ0v) is 13.2. The van der Waals surface area contributed by atoms with E-state index in [2.05, 4.69) is 0 Å². The minimum atomic E-state index is -4.02. The molecule has 0 aliphatic carbocycles. The van der Waals surface area contributed by atoms with Crippen LogP contribution >= 0.6 is 0 Å². The Balaban J connectivity index is 2.27. The Morgan fingerprint density at radius 2 is 1.82 bits per heavy atom. The van der Waals surface area contributed by atoms with Crippen molar-refractivity contribution in [2.24, 2.45) is 5.92 Å². The van der Waals surface area contributed by atoms with Crippen molar-refractivity contribution in [2.45, 2.75) is 17.7 Å². The zero-order chi connectivity index (χ0) is 16.5. The van der Waals surface area contributed by atoms with Gasteiger partial charge in [-0.3, -0.25) is 4.79 Å². The third kappa shape index (κ3) is 3.44. The molecule has 0 aromatic heterocycles. The maximum atomic E-state index is 13.3. The highest BCUT2D eigenvalue weighted by Crippen LogP contribution is 2.25. The van der Waals surface area contributed by atoms with Crippen LogP contribution in [0.1, 0.15) is 12.8 Å². The van der Waals surface area contributed by atoms with Crippen LogP contribution in [0, 0.1) is 17.6 Å². The van der Waals surface area contributed by atoms with Crippen molar-refractivity contribution >= 4 is 15.9 Å². The van der Waals surface area contributed by atoms with E-state index in [0.29, 0.717) is 18.9 Å². The highest BCUT2D eigenvalue weighted by Gasteiger charge is 2.34. The number of halogens is 2. The number of rotatable bonds is 3. The summed E-state index contributed by atoms with van der Waals surface area (Å²) in [6.45, 7) is 0.259. The molecule has 0 unspecified atom stereocenters. The highest BCUT2D eigenvalue weighted by atomic mass is 32.2. The molecular formula is C14H18F2N2O3S. The standard InChI is InChI=1S/C14H18F2N2O3S/c1-17(2)14(19)10-4-3-5-18(9-10)22(20,21)13-7-11(15)6-12(16)8-13/h6-8,10H,3-5,9H2,1-2H3/t10-/m0/s1. The third-order valence-corrected chi connectivity index (χ3v) is 5.49. The maximum absolute atomic E-state index is 13.3. The molecule has 1 aromatic carbocycles. The Kier molecular flexibility index (Phi) is 4.81. The van der Waals surface area contributed by atoms with Crippen molar-refractivity contribution < 1.29 is 22.0 Å². The Labute approximate surface area is 128 Å². The number of carbonyl (C=O) groups excluding carboxylic acids is 1. The van der Waals surface area contributed by atoms with Crippen molar-refractivity contribution in [3.05, 3.63) is 29.8 Å². The SMILES string of the molecule is CN(C)C(=O)[C@H]1CCCN(S(=O)(=O)c2cc(F)cc(F)c2)C1. The van der Waals surface area contributed by atoms with Crippen molar-refractivity contribution in [2.75, 3.05) is 27.2 Å². The van der Waals surface area contributed by atoms with Gasteiger partial charge in [0.2, 0.25) is 15.9 Å². The van der Waals surface area contributed by atoms with Crippen LogP contribution < -0.4 is 0 Å². The number of hydrogen-bond donors (Lipinski definition) is 0. The smallest absolute Gasteiger partial charge is 0.243 e. The molecule has 2 rings (SSSR count). The summed E-state index contributed by atoms with van der Waals surface area (Å²) >= 11 is 0. The van der Waals surface area contributed by atoms with E-state index in [9.17, 15) is 22.0 Å². The van der Waals surface area contributed by atoms with Crippen molar-refractivity contribution in [3.8, 4) is 0 Å². The normalized spacial score (nSPS) is 19.9. The number of benzene rings is 1. The molecule has 5 nitrogen and oxygen atoms in total. The van der Waals surface area contributed by atoms with Gasteiger partial charge in [-0.2, -0.15) is 4.31 Å². The number of hydrogen-bond acceptors (Lipinski definition) is 3. The lowest BCUT2D eigenvalue weighted by Crippen LogP contribution is -2.45. The van der Waals surface area contributed by atoms with Crippen LogP contribution in [-0.4, -0.2) is 50.7 Å². The summed E-state index contributed by atoms with van der Waals surface area (Å²) in [5.41, 5.74) is 0. The van der Waals surface area contributed by atoms with Gasteiger partial charge in [0.05, 0.1) is 10.8 Å². The molecule has 1 atom stereocenters. The van der Waals surface area contributed by atoms with Gasteiger partial charge in [0.1, 0.15) is 11.6 Å². The van der Waals surface area contributed by atoms with Crippen molar-refractivity contribution in [3.63, 3.8) is 0 Å². The van der Waals surface area contributed by atoms with Gasteiger partial charge in [-0.15, -0.1) is 0 Å². The maximum Gasteiger partial charge on any atom is 0.243 e. The second-order valence-electron chi connectivity index (χ2n) is 5.54. The lowest BCUT2D eigenvalue weighted by molar-refractivity contribution is -0.134. The van der Waals surface area contributed by atoms with Gasteiger partial charge in [-0.1, -0.05) is 0 Å². The molecule has 1 heterocycles. The van der Waals surface area contributed by atoms with Gasteiger partial charge >= 0.3 is 0 Å². The summed E-state index contributed by atoms with van der Waals surface area (Å²) < 4.78 is 52.6. The Morgan fingerprint density at radius 1 is 1.23 bits per heavy atom. The molecule has 0 spiro atoms. The number of nitrogens with zero attached hydrogens (tertiary/aromatic N) is 2. The molecule has 22 heavy (non-hydrogen) atoms. The van der Waals surface area contributed by atoms with Crippen LogP contribution in [0.25, 0.3) is 0 Å². The summed E-state index contributed by atoms with van der Waals surface area (Å²) in [6, 6.07) is 2.19. The van der Waals surface area contributed by atoms with Gasteiger partial charge in [0.15, 0.2) is 0 Å². The first-order valence-electron chi connectivity index (χ1n) is 6.89. The first kappa shape index (κ1) is 16.8. The first-order chi connectivity index (χ1) is 10.2. The molecule has 8 heteroatoms. The number of piperidine rings is 1. The number of sulfonamides is 1. The molecule has 1 amide bonds. The molecule has 1 aliphatic rings. The fraction of sp³-hybridized carbons (Fsp3) is 0.500. The second-order valence-corrected chi connectivity index (χ2v) is 7.48. The average molecular weight is 332 g/mol. The minimum absolute atomic E-state index is 0.0253. The summed E-state index contributed by atoms with van der Waals surface area (Å²) in [5, 5.41) is 0. The van der Waals surface area contributed by atoms with Gasteiger partial charge < -0.3 is 4.90 Å². The van der Waals surface area contributed by atoms with Gasteiger partial charge in [-0.05, 0) is 25.0 Å². The molecule has 1 aromatic rings. The van der Waals surface area contributed by atoms with Gasteiger partial charge in [0.25, 0.3) is 0 Å². The number of carbonyl (C=O) groups is 1. The van der Waals surface area contributed by atoms with Gasteiger partial charge in [0, 0.05) is 33.3 Å². The molecule has 1 fully saturated rings. The van der Waals surface area contributed by atoms with E-state index in [1.807, 2.05) is 0 Å². The summed E-state index contributed by atoms with van der Waals surface area (Å²) in [4.78, 5) is 13.0. The monoisotopic (exact) mass is 332 g/mol. The topological polar surface area (TPSA) is 57.7 Å². The fourth-order valence-electron chi connectivity index (χ4n) is 2.55. The van der Waals surface area contributed by atoms with E-state index in [0.717, 1.165) is 16.4 Å². The fourth-order valence-corrected chi connectivity index (χ4v) is 4.12. The second kappa shape index (κ2) is 6.29. The van der Waals surface area contributed by atoms with E-state index in [-0.39, 0.29) is 19.0 Å². The van der Waals surface area contributed by atoms with Crippen LogP contribution in [0.2, 0.25) is 0 Å². The molecule has 0 radical (unpaired) electrons. The van der Waals surface area contributed by atoms with Crippen molar-refractivity contribution in [1.29, 1.82) is 0 Å². The van der Waals surface area contributed by atoms with Crippen LogP contribution in [-0.2, 0) is 14.8 Å². The van der Waals surface area contributed by atoms with E-state index in [1.54, 1.807) is 14.1 Å². The van der Waals surface area contributed by atoms with E-state index < -0.39 is 32.5 Å². The van der Waals surface area contributed by atoms with Crippen molar-refractivity contribution in [1.82, 2.24) is 9.21 Å². The van der Waals surface area contributed by atoms with Gasteiger partial charge in [-0.25, -0.2) is 17.2 Å². The van der Waals surface area contributed by atoms with Crippen LogP contribution in [0.5, 0.6) is 0 Å². The molecule has 122 valence electrons. The Bertz CT molecular complexity index is 656. The first-order valence-corrected chi connectivity index (χ1v) is 8.33. The highest BCUT2D eigenvalue weighted by molar-refractivity contribution is 7.89. The molecule has 1 saturated heterocycles. The van der Waals surface area contributed by atoms with Crippen LogP contribution in [0.3, 0.4) is 0 Å². The predicted molar refractivity (Wildman–Crippen MR) is 76.5 cm³/mol. The quantitative estimate of drug-likeness (QED) is 0.842. The Morgan fingerprint density at radius 3 is 2.36 bits per heavy atom. The molecule has 0 bridgehead atoms. The van der Waals surface area contributed by atoms with E-state index in [1.165, 1.54) is 4.90 Å².